The Kier molecular flexibility index (Phi) is 6.68. The molecule has 1 amide bonds. The number of hydrogen-bond donors (Lipinski definition) is 1. The monoisotopic (exact) mass is 261 g/mol. The molecule has 0 aliphatic rings. The van der Waals surface area contributed by atoms with Gasteiger partial charge in [0.2, 0.25) is 0 Å². The Morgan fingerprint density at radius 1 is 1.33 bits per heavy atom. The van der Waals surface area contributed by atoms with E-state index in [-0.39, 0.29) is 19.0 Å². The molecule has 0 aliphatic heterocycles. The van der Waals surface area contributed by atoms with Crippen LogP contribution in [0.15, 0.2) is 0 Å². The van der Waals surface area contributed by atoms with E-state index in [1.165, 1.54) is 19.1 Å². The minimum Gasteiger partial charge on any atom is -0.469 e. The number of ether oxygens (including phenoxy) is 2. The molecule has 1 unspecified atom stereocenters. The van der Waals surface area contributed by atoms with Gasteiger partial charge in [0.25, 0.3) is 0 Å². The van der Waals surface area contributed by atoms with Gasteiger partial charge in [-0.3, -0.25) is 4.79 Å². The molecular weight excluding hydrogens is 238 g/mol. The Labute approximate surface area is 108 Å². The SMILES string of the molecule is COC(=O)CCC(CO)N(C)C(=O)OC(C)(C)C. The van der Waals surface area contributed by atoms with Crippen molar-refractivity contribution in [1.29, 1.82) is 0 Å². The highest BCUT2D eigenvalue weighted by molar-refractivity contribution is 5.70. The van der Waals surface area contributed by atoms with E-state index in [0.717, 1.165) is 0 Å². The lowest BCUT2D eigenvalue weighted by molar-refractivity contribution is -0.141. The Balaban J connectivity index is 4.37. The van der Waals surface area contributed by atoms with Crippen LogP contribution in [0.25, 0.3) is 0 Å². The number of amides is 1. The molecular formula is C12H23NO5. The van der Waals surface area contributed by atoms with Crippen molar-refractivity contribution in [2.45, 2.75) is 45.3 Å². The summed E-state index contributed by atoms with van der Waals surface area (Å²) < 4.78 is 9.69. The van der Waals surface area contributed by atoms with Gasteiger partial charge >= 0.3 is 12.1 Å². The molecule has 0 aliphatic carbocycles. The summed E-state index contributed by atoms with van der Waals surface area (Å²) >= 11 is 0. The largest absolute Gasteiger partial charge is 0.469 e. The maximum atomic E-state index is 11.7. The van der Waals surface area contributed by atoms with Gasteiger partial charge in [-0.2, -0.15) is 0 Å². The summed E-state index contributed by atoms with van der Waals surface area (Å²) in [7, 11) is 2.83. The van der Waals surface area contributed by atoms with Gasteiger partial charge in [0.1, 0.15) is 5.60 Å². The van der Waals surface area contributed by atoms with E-state index in [1.54, 1.807) is 20.8 Å². The highest BCUT2D eigenvalue weighted by Gasteiger charge is 2.25. The number of likely N-dealkylation sites (N-methyl/N-ethyl adjacent to an activating group) is 1. The standard InChI is InChI=1S/C12H23NO5/c1-12(2,3)18-11(16)13(4)9(8-14)6-7-10(15)17-5/h9,14H,6-8H2,1-5H3. The molecule has 0 bridgehead atoms. The van der Waals surface area contributed by atoms with Crippen molar-refractivity contribution < 1.29 is 24.2 Å². The first-order valence-electron chi connectivity index (χ1n) is 5.84. The topological polar surface area (TPSA) is 76.1 Å². The predicted molar refractivity (Wildman–Crippen MR) is 66.1 cm³/mol. The van der Waals surface area contributed by atoms with Crippen LogP contribution < -0.4 is 0 Å². The molecule has 0 rings (SSSR count). The molecule has 0 aromatic heterocycles. The summed E-state index contributed by atoms with van der Waals surface area (Å²) in [6, 6.07) is -0.459. The van der Waals surface area contributed by atoms with E-state index in [0.29, 0.717) is 6.42 Å². The van der Waals surface area contributed by atoms with Crippen molar-refractivity contribution in [1.82, 2.24) is 4.90 Å². The number of aliphatic hydroxyl groups excluding tert-OH is 1. The van der Waals surface area contributed by atoms with E-state index < -0.39 is 17.7 Å². The molecule has 0 aromatic rings. The second-order valence-electron chi connectivity index (χ2n) is 5.04. The fraction of sp³-hybridized carbons (Fsp3) is 0.833. The van der Waals surface area contributed by atoms with Gasteiger partial charge in [0.15, 0.2) is 0 Å². The normalized spacial score (nSPS) is 12.8. The quantitative estimate of drug-likeness (QED) is 0.752. The smallest absolute Gasteiger partial charge is 0.410 e. The summed E-state index contributed by atoms with van der Waals surface area (Å²) in [5.74, 6) is -0.369. The van der Waals surface area contributed by atoms with Crippen molar-refractivity contribution in [3.05, 3.63) is 0 Å². The van der Waals surface area contributed by atoms with Crippen molar-refractivity contribution in [3.63, 3.8) is 0 Å². The molecule has 0 heterocycles. The maximum absolute atomic E-state index is 11.7. The summed E-state index contributed by atoms with van der Waals surface area (Å²) in [5, 5.41) is 9.23. The Bertz CT molecular complexity index is 285. The fourth-order valence-corrected chi connectivity index (χ4v) is 1.28. The third-order valence-corrected chi connectivity index (χ3v) is 2.35. The lowest BCUT2D eigenvalue weighted by Gasteiger charge is -2.29. The zero-order chi connectivity index (χ0) is 14.3. The van der Waals surface area contributed by atoms with Crippen LogP contribution in [0.1, 0.15) is 33.6 Å². The van der Waals surface area contributed by atoms with Gasteiger partial charge < -0.3 is 19.5 Å². The molecule has 6 nitrogen and oxygen atoms in total. The van der Waals surface area contributed by atoms with Gasteiger partial charge in [0, 0.05) is 13.5 Å². The highest BCUT2D eigenvalue weighted by atomic mass is 16.6. The van der Waals surface area contributed by atoms with E-state index in [1.807, 2.05) is 0 Å². The second kappa shape index (κ2) is 7.20. The number of nitrogens with zero attached hydrogens (tertiary/aromatic N) is 1. The molecule has 0 radical (unpaired) electrons. The molecule has 0 spiro atoms. The summed E-state index contributed by atoms with van der Waals surface area (Å²) in [6.45, 7) is 5.07. The van der Waals surface area contributed by atoms with Crippen LogP contribution >= 0.6 is 0 Å². The van der Waals surface area contributed by atoms with Gasteiger partial charge in [-0.25, -0.2) is 4.79 Å². The maximum Gasteiger partial charge on any atom is 0.410 e. The summed E-state index contributed by atoms with van der Waals surface area (Å²) in [4.78, 5) is 24.1. The number of carbonyl (C=O) groups is 2. The summed E-state index contributed by atoms with van der Waals surface area (Å²) in [6.07, 6.45) is -0.0419. The van der Waals surface area contributed by atoms with E-state index in [2.05, 4.69) is 4.74 Å². The summed E-state index contributed by atoms with van der Waals surface area (Å²) in [5.41, 5.74) is -0.590. The molecule has 0 fully saturated rings. The number of methoxy groups -OCH3 is 1. The highest BCUT2D eigenvalue weighted by Crippen LogP contribution is 2.13. The van der Waals surface area contributed by atoms with Gasteiger partial charge in [-0.15, -0.1) is 0 Å². The van der Waals surface area contributed by atoms with Gasteiger partial charge in [-0.1, -0.05) is 0 Å². The van der Waals surface area contributed by atoms with E-state index in [9.17, 15) is 14.7 Å². The van der Waals surface area contributed by atoms with Crippen LogP contribution in [-0.4, -0.2) is 54.5 Å². The third-order valence-electron chi connectivity index (χ3n) is 2.35. The van der Waals surface area contributed by atoms with Crippen LogP contribution in [0.3, 0.4) is 0 Å². The average Bonchev–Trinajstić information content (AvgIpc) is 2.26. The lowest BCUT2D eigenvalue weighted by atomic mass is 10.1. The number of rotatable bonds is 5. The molecule has 106 valence electrons. The van der Waals surface area contributed by atoms with Crippen molar-refractivity contribution in [2.75, 3.05) is 20.8 Å². The molecule has 0 saturated heterocycles. The number of aliphatic hydroxyl groups is 1. The molecule has 1 N–H and O–H groups in total. The molecule has 18 heavy (non-hydrogen) atoms. The molecule has 0 saturated carbocycles. The average molecular weight is 261 g/mol. The minimum atomic E-state index is -0.590. The zero-order valence-electron chi connectivity index (χ0n) is 11.7. The zero-order valence-corrected chi connectivity index (χ0v) is 11.7. The lowest BCUT2D eigenvalue weighted by Crippen LogP contribution is -2.42. The Morgan fingerprint density at radius 2 is 1.89 bits per heavy atom. The molecule has 1 atom stereocenters. The Morgan fingerprint density at radius 3 is 2.28 bits per heavy atom. The van der Waals surface area contributed by atoms with Crippen molar-refractivity contribution in [2.24, 2.45) is 0 Å². The van der Waals surface area contributed by atoms with Gasteiger partial charge in [-0.05, 0) is 27.2 Å². The first-order valence-corrected chi connectivity index (χ1v) is 5.84. The van der Waals surface area contributed by atoms with Crippen LogP contribution in [0, 0.1) is 0 Å². The van der Waals surface area contributed by atoms with Crippen molar-refractivity contribution >= 4 is 12.1 Å². The van der Waals surface area contributed by atoms with Crippen LogP contribution in [-0.2, 0) is 14.3 Å². The first-order chi connectivity index (χ1) is 8.21. The fourth-order valence-electron chi connectivity index (χ4n) is 1.28. The predicted octanol–water partition coefficient (Wildman–Crippen LogP) is 1.17. The van der Waals surface area contributed by atoms with Crippen LogP contribution in [0.5, 0.6) is 0 Å². The van der Waals surface area contributed by atoms with Crippen molar-refractivity contribution in [3.8, 4) is 0 Å². The van der Waals surface area contributed by atoms with Crippen LogP contribution in [0.2, 0.25) is 0 Å². The van der Waals surface area contributed by atoms with Gasteiger partial charge in [0.05, 0.1) is 19.8 Å². The van der Waals surface area contributed by atoms with E-state index in [4.69, 9.17) is 4.74 Å². The van der Waals surface area contributed by atoms with Crippen LogP contribution in [0.4, 0.5) is 4.79 Å². The molecule has 6 heteroatoms. The minimum absolute atomic E-state index is 0.148. The Hall–Kier alpha value is -1.30. The first kappa shape index (κ1) is 16.7. The number of esters is 1. The third kappa shape index (κ3) is 6.44. The van der Waals surface area contributed by atoms with E-state index >= 15 is 0 Å². The molecule has 0 aromatic carbocycles. The number of hydrogen-bond acceptors (Lipinski definition) is 5. The second-order valence-corrected chi connectivity index (χ2v) is 5.04. The number of carbonyl (C=O) groups excluding carboxylic acids is 2.